The molecule has 3 aromatic rings. The summed E-state index contributed by atoms with van der Waals surface area (Å²) in [5, 5.41) is 6.07. The predicted octanol–water partition coefficient (Wildman–Crippen LogP) is 3.24. The van der Waals surface area contributed by atoms with Crippen LogP contribution in [0.3, 0.4) is 0 Å². The van der Waals surface area contributed by atoms with Crippen molar-refractivity contribution in [2.24, 2.45) is 0 Å². The van der Waals surface area contributed by atoms with E-state index in [1.165, 1.54) is 10.6 Å². The van der Waals surface area contributed by atoms with Crippen molar-refractivity contribution in [3.05, 3.63) is 82.5 Å². The van der Waals surface area contributed by atoms with Crippen LogP contribution in [0.1, 0.15) is 11.5 Å². The molecular formula is C20H20N4O2. The van der Waals surface area contributed by atoms with Gasteiger partial charge in [0.05, 0.1) is 0 Å². The normalized spacial score (nSPS) is 10.4. The van der Waals surface area contributed by atoms with Crippen LogP contribution in [0.15, 0.2) is 65.5 Å². The Morgan fingerprint density at radius 1 is 0.962 bits per heavy atom. The van der Waals surface area contributed by atoms with E-state index < -0.39 is 0 Å². The molecule has 0 atom stereocenters. The Kier molecular flexibility index (Phi) is 5.12. The zero-order valence-electron chi connectivity index (χ0n) is 14.7. The van der Waals surface area contributed by atoms with Crippen molar-refractivity contribution in [2.75, 3.05) is 10.6 Å². The number of rotatable bonds is 5. The lowest BCUT2D eigenvalue weighted by Crippen LogP contribution is -2.29. The smallest absolute Gasteiger partial charge is 0.254 e. The molecule has 0 bridgehead atoms. The second-order valence-electron chi connectivity index (χ2n) is 5.99. The largest absolute Gasteiger partial charge is 0.356 e. The molecule has 1 heterocycles. The fourth-order valence-electron chi connectivity index (χ4n) is 2.63. The summed E-state index contributed by atoms with van der Waals surface area (Å²) in [6.45, 7) is 3.40. The van der Waals surface area contributed by atoms with E-state index in [1.54, 1.807) is 13.8 Å². The first-order chi connectivity index (χ1) is 12.5. The highest BCUT2D eigenvalue weighted by atomic mass is 16.2. The number of nitrogens with one attached hydrogen (secondary N) is 2. The third-order valence-corrected chi connectivity index (χ3v) is 3.86. The van der Waals surface area contributed by atoms with E-state index in [4.69, 9.17) is 0 Å². The van der Waals surface area contributed by atoms with E-state index in [-0.39, 0.29) is 18.0 Å². The van der Waals surface area contributed by atoms with Gasteiger partial charge in [-0.05, 0) is 50.2 Å². The molecule has 0 aliphatic carbocycles. The number of para-hydroxylation sites is 1. The maximum atomic E-state index is 12.2. The van der Waals surface area contributed by atoms with Crippen LogP contribution in [-0.2, 0) is 11.3 Å². The van der Waals surface area contributed by atoms with E-state index in [0.717, 1.165) is 11.4 Å². The van der Waals surface area contributed by atoms with Crippen LogP contribution in [0.4, 0.5) is 17.1 Å². The Morgan fingerprint density at radius 2 is 1.58 bits per heavy atom. The fraction of sp³-hybridized carbons (Fsp3) is 0.150. The van der Waals surface area contributed by atoms with E-state index in [1.807, 2.05) is 54.6 Å². The van der Waals surface area contributed by atoms with Crippen molar-refractivity contribution in [1.29, 1.82) is 0 Å². The van der Waals surface area contributed by atoms with Gasteiger partial charge < -0.3 is 10.6 Å². The van der Waals surface area contributed by atoms with Crippen molar-refractivity contribution in [1.82, 2.24) is 9.55 Å². The van der Waals surface area contributed by atoms with Crippen LogP contribution in [0.2, 0.25) is 0 Å². The van der Waals surface area contributed by atoms with Crippen LogP contribution >= 0.6 is 0 Å². The van der Waals surface area contributed by atoms with Gasteiger partial charge in [-0.3, -0.25) is 14.2 Å². The van der Waals surface area contributed by atoms with Gasteiger partial charge in [-0.15, -0.1) is 0 Å². The van der Waals surface area contributed by atoms with Crippen LogP contribution in [0.25, 0.3) is 0 Å². The zero-order valence-corrected chi connectivity index (χ0v) is 14.7. The molecule has 1 amide bonds. The van der Waals surface area contributed by atoms with Crippen LogP contribution in [0.5, 0.6) is 0 Å². The van der Waals surface area contributed by atoms with Crippen LogP contribution in [0, 0.1) is 13.8 Å². The van der Waals surface area contributed by atoms with Gasteiger partial charge in [0.2, 0.25) is 5.91 Å². The zero-order chi connectivity index (χ0) is 18.5. The molecule has 0 spiro atoms. The second kappa shape index (κ2) is 7.65. The second-order valence-corrected chi connectivity index (χ2v) is 5.99. The predicted molar refractivity (Wildman–Crippen MR) is 103 cm³/mol. The first-order valence-corrected chi connectivity index (χ1v) is 8.28. The maximum absolute atomic E-state index is 12.2. The van der Waals surface area contributed by atoms with Crippen molar-refractivity contribution < 1.29 is 4.79 Å². The molecular weight excluding hydrogens is 328 g/mol. The summed E-state index contributed by atoms with van der Waals surface area (Å²) in [6.07, 6.45) is 0. The molecule has 2 aromatic carbocycles. The van der Waals surface area contributed by atoms with Crippen LogP contribution < -0.4 is 16.2 Å². The van der Waals surface area contributed by atoms with Gasteiger partial charge in [-0.25, -0.2) is 4.98 Å². The fourth-order valence-corrected chi connectivity index (χ4v) is 2.63. The van der Waals surface area contributed by atoms with E-state index in [2.05, 4.69) is 15.6 Å². The van der Waals surface area contributed by atoms with E-state index in [9.17, 15) is 9.59 Å². The summed E-state index contributed by atoms with van der Waals surface area (Å²) < 4.78 is 1.35. The summed E-state index contributed by atoms with van der Waals surface area (Å²) in [6, 6.07) is 18.6. The molecule has 0 unspecified atom stereocenters. The Hall–Kier alpha value is -3.41. The highest BCUT2D eigenvalue weighted by molar-refractivity contribution is 5.90. The quantitative estimate of drug-likeness (QED) is 0.742. The minimum atomic E-state index is -0.273. The number of hydrogen-bond acceptors (Lipinski definition) is 4. The first kappa shape index (κ1) is 17.4. The standard InChI is InChI=1S/C20H20N4O2/c1-14-12-20(26)24(15(2)21-14)13-19(25)23-18-10-8-17(9-11-18)22-16-6-4-3-5-7-16/h3-12,22H,13H2,1-2H3,(H,23,25). The SMILES string of the molecule is Cc1cc(=O)n(CC(=O)Nc2ccc(Nc3ccccc3)cc2)c(C)n1. The number of aromatic nitrogens is 2. The van der Waals surface area contributed by atoms with Crippen molar-refractivity contribution in [3.8, 4) is 0 Å². The molecule has 0 saturated heterocycles. The van der Waals surface area contributed by atoms with E-state index >= 15 is 0 Å². The summed E-state index contributed by atoms with van der Waals surface area (Å²) in [5.41, 5.74) is 2.99. The number of amides is 1. The van der Waals surface area contributed by atoms with Gasteiger partial charge in [-0.1, -0.05) is 18.2 Å². The monoisotopic (exact) mass is 348 g/mol. The lowest BCUT2D eigenvalue weighted by atomic mass is 10.2. The lowest BCUT2D eigenvalue weighted by molar-refractivity contribution is -0.116. The molecule has 26 heavy (non-hydrogen) atoms. The molecule has 3 rings (SSSR count). The average Bonchev–Trinajstić information content (AvgIpc) is 2.61. The minimum absolute atomic E-state index is 0.0675. The Labute approximate surface area is 151 Å². The third-order valence-electron chi connectivity index (χ3n) is 3.86. The Morgan fingerprint density at radius 3 is 2.23 bits per heavy atom. The Bertz CT molecular complexity index is 963. The number of nitrogens with zero attached hydrogens (tertiary/aromatic N) is 2. The highest BCUT2D eigenvalue weighted by Gasteiger charge is 2.09. The number of aryl methyl sites for hydroxylation is 2. The number of hydrogen-bond donors (Lipinski definition) is 2. The molecule has 6 nitrogen and oxygen atoms in total. The molecule has 1 aromatic heterocycles. The highest BCUT2D eigenvalue weighted by Crippen LogP contribution is 2.18. The van der Waals surface area contributed by atoms with Gasteiger partial charge in [0.1, 0.15) is 12.4 Å². The van der Waals surface area contributed by atoms with Crippen molar-refractivity contribution >= 4 is 23.0 Å². The topological polar surface area (TPSA) is 76.0 Å². The van der Waals surface area contributed by atoms with Gasteiger partial charge in [0.25, 0.3) is 5.56 Å². The van der Waals surface area contributed by atoms with Gasteiger partial charge in [0, 0.05) is 28.8 Å². The van der Waals surface area contributed by atoms with Gasteiger partial charge in [0.15, 0.2) is 0 Å². The first-order valence-electron chi connectivity index (χ1n) is 8.28. The molecule has 0 radical (unpaired) electrons. The summed E-state index contributed by atoms with van der Waals surface area (Å²) in [7, 11) is 0. The molecule has 2 N–H and O–H groups in total. The number of benzene rings is 2. The summed E-state index contributed by atoms with van der Waals surface area (Å²) in [5.74, 6) is 0.247. The number of carbonyl (C=O) groups is 1. The van der Waals surface area contributed by atoms with Crippen molar-refractivity contribution in [3.63, 3.8) is 0 Å². The molecule has 0 fully saturated rings. The van der Waals surface area contributed by atoms with Gasteiger partial charge in [-0.2, -0.15) is 0 Å². The molecule has 132 valence electrons. The summed E-state index contributed by atoms with van der Waals surface area (Å²) in [4.78, 5) is 28.5. The van der Waals surface area contributed by atoms with Crippen LogP contribution in [-0.4, -0.2) is 15.5 Å². The molecule has 0 aliphatic heterocycles. The minimum Gasteiger partial charge on any atom is -0.356 e. The van der Waals surface area contributed by atoms with E-state index in [0.29, 0.717) is 17.2 Å². The van der Waals surface area contributed by atoms with Crippen molar-refractivity contribution in [2.45, 2.75) is 20.4 Å². The van der Waals surface area contributed by atoms with Gasteiger partial charge >= 0.3 is 0 Å². The third kappa shape index (κ3) is 4.36. The maximum Gasteiger partial charge on any atom is 0.254 e. The number of carbonyl (C=O) groups excluding carboxylic acids is 1. The Balaban J connectivity index is 1.64. The average molecular weight is 348 g/mol. The lowest BCUT2D eigenvalue weighted by Gasteiger charge is -2.11. The molecule has 0 saturated carbocycles. The molecule has 6 heteroatoms. The molecule has 0 aliphatic rings. The number of anilines is 3. The summed E-state index contributed by atoms with van der Waals surface area (Å²) >= 11 is 0.